The highest BCUT2D eigenvalue weighted by atomic mass is 28.4. The Balaban J connectivity index is 3.17. The molecule has 1 saturated heterocycles. The fourth-order valence-electron chi connectivity index (χ4n) is 2.32. The molecule has 0 bridgehead atoms. The van der Waals surface area contributed by atoms with E-state index in [9.17, 15) is 0 Å². The van der Waals surface area contributed by atoms with Crippen LogP contribution in [-0.4, -0.2) is 48.3 Å². The van der Waals surface area contributed by atoms with Crippen LogP contribution in [-0.2, 0) is 18.3 Å². The zero-order valence-corrected chi connectivity index (χ0v) is 20.2. The monoisotopic (exact) mass is 388 g/mol. The Bertz CT molecular complexity index is 463. The first-order valence-electron chi connectivity index (χ1n) is 9.24. The van der Waals surface area contributed by atoms with Gasteiger partial charge in [-0.15, -0.1) is 6.58 Å². The maximum Gasteiger partial charge on any atom is 0.192 e. The first kappa shape index (κ1) is 23.1. The van der Waals surface area contributed by atoms with Crippen molar-refractivity contribution in [2.24, 2.45) is 0 Å². The molecule has 0 N–H and O–H groups in total. The van der Waals surface area contributed by atoms with Gasteiger partial charge in [-0.2, -0.15) is 0 Å². The van der Waals surface area contributed by atoms with Gasteiger partial charge in [-0.05, 0) is 36.3 Å². The lowest BCUT2D eigenvalue weighted by molar-refractivity contribution is -0.139. The SMILES string of the molecule is C=C[C@H]1O[C@H](OC)[C@@H](O[Si](C)(C)C(C)(C)C)[C@H]1O[Si](C)(C)C(C)(C)C. The molecule has 6 heteroatoms. The van der Waals surface area contributed by atoms with Crippen molar-refractivity contribution in [1.29, 1.82) is 0 Å². The van der Waals surface area contributed by atoms with Crippen LogP contribution in [0, 0.1) is 0 Å². The standard InChI is InChI=1S/C19H40O4Si2/c1-13-14-15(22-24(9,10)18(2,3)4)16(17(20-8)21-14)23-25(11,12)19(5,6)7/h13-17H,1H2,2-12H3/t14-,15+,16+,17+/m1/s1. The largest absolute Gasteiger partial charge is 0.408 e. The van der Waals surface area contributed by atoms with Crippen molar-refractivity contribution in [3.63, 3.8) is 0 Å². The van der Waals surface area contributed by atoms with Gasteiger partial charge < -0.3 is 18.3 Å². The molecule has 0 amide bonds. The summed E-state index contributed by atoms with van der Waals surface area (Å²) in [5.74, 6) is 0. The summed E-state index contributed by atoms with van der Waals surface area (Å²) in [6.07, 6.45) is 0.764. The molecule has 0 spiro atoms. The van der Waals surface area contributed by atoms with E-state index in [-0.39, 0.29) is 28.4 Å². The summed E-state index contributed by atoms with van der Waals surface area (Å²) in [5.41, 5.74) is 0. The molecule has 0 saturated carbocycles. The molecule has 1 aliphatic rings. The van der Waals surface area contributed by atoms with Crippen LogP contribution in [0.2, 0.25) is 36.3 Å². The average Bonchev–Trinajstić information content (AvgIpc) is 2.72. The number of hydrogen-bond acceptors (Lipinski definition) is 4. The molecule has 1 rings (SSSR count). The molecule has 0 unspecified atom stereocenters. The van der Waals surface area contributed by atoms with E-state index in [1.165, 1.54) is 0 Å². The second-order valence-electron chi connectivity index (χ2n) is 10.1. The predicted octanol–water partition coefficient (Wildman–Crippen LogP) is 5.32. The van der Waals surface area contributed by atoms with E-state index in [4.69, 9.17) is 18.3 Å². The average molecular weight is 389 g/mol. The van der Waals surface area contributed by atoms with E-state index < -0.39 is 22.9 Å². The van der Waals surface area contributed by atoms with Gasteiger partial charge in [0.1, 0.15) is 18.3 Å². The van der Waals surface area contributed by atoms with Crippen LogP contribution in [0.4, 0.5) is 0 Å². The van der Waals surface area contributed by atoms with Crippen molar-refractivity contribution in [2.45, 2.75) is 102 Å². The Morgan fingerprint density at radius 2 is 1.24 bits per heavy atom. The summed E-state index contributed by atoms with van der Waals surface area (Å²) < 4.78 is 25.1. The first-order valence-corrected chi connectivity index (χ1v) is 15.1. The second kappa shape index (κ2) is 7.56. The fraction of sp³-hybridized carbons (Fsp3) is 0.895. The Morgan fingerprint density at radius 1 is 0.840 bits per heavy atom. The highest BCUT2D eigenvalue weighted by Gasteiger charge is 2.53. The lowest BCUT2D eigenvalue weighted by Crippen LogP contribution is -2.54. The topological polar surface area (TPSA) is 36.9 Å². The second-order valence-corrected chi connectivity index (χ2v) is 19.6. The zero-order valence-electron chi connectivity index (χ0n) is 18.2. The predicted molar refractivity (Wildman–Crippen MR) is 110 cm³/mol. The molecular formula is C19H40O4Si2. The summed E-state index contributed by atoms with van der Waals surface area (Å²) >= 11 is 0. The van der Waals surface area contributed by atoms with Crippen molar-refractivity contribution in [3.8, 4) is 0 Å². The summed E-state index contributed by atoms with van der Waals surface area (Å²) in [5, 5.41) is 0.227. The number of rotatable bonds is 6. The van der Waals surface area contributed by atoms with Crippen molar-refractivity contribution in [1.82, 2.24) is 0 Å². The van der Waals surface area contributed by atoms with E-state index in [1.54, 1.807) is 7.11 Å². The molecule has 0 aromatic heterocycles. The van der Waals surface area contributed by atoms with Crippen LogP contribution in [0.15, 0.2) is 12.7 Å². The number of ether oxygens (including phenoxy) is 2. The molecule has 148 valence electrons. The third kappa shape index (κ3) is 5.05. The highest BCUT2D eigenvalue weighted by Crippen LogP contribution is 2.43. The van der Waals surface area contributed by atoms with Gasteiger partial charge in [-0.3, -0.25) is 0 Å². The maximum atomic E-state index is 6.73. The maximum absolute atomic E-state index is 6.73. The molecule has 4 atom stereocenters. The van der Waals surface area contributed by atoms with Crippen LogP contribution in [0.3, 0.4) is 0 Å². The van der Waals surface area contributed by atoms with Gasteiger partial charge in [0, 0.05) is 7.11 Å². The minimum Gasteiger partial charge on any atom is -0.408 e. The molecule has 4 nitrogen and oxygen atoms in total. The Labute approximate surface area is 157 Å². The summed E-state index contributed by atoms with van der Waals surface area (Å²) in [6, 6.07) is 0. The molecule has 0 radical (unpaired) electrons. The number of methoxy groups -OCH3 is 1. The Morgan fingerprint density at radius 3 is 1.56 bits per heavy atom. The van der Waals surface area contributed by atoms with Gasteiger partial charge in [-0.1, -0.05) is 47.6 Å². The fourth-order valence-corrected chi connectivity index (χ4v) is 4.90. The molecule has 1 heterocycles. The Hall–Kier alpha value is 0.0138. The normalized spacial score (nSPS) is 29.1. The van der Waals surface area contributed by atoms with Crippen LogP contribution in [0.25, 0.3) is 0 Å². The van der Waals surface area contributed by atoms with Crippen molar-refractivity contribution < 1.29 is 18.3 Å². The third-order valence-electron chi connectivity index (χ3n) is 6.15. The number of hydrogen-bond donors (Lipinski definition) is 0. The van der Waals surface area contributed by atoms with Gasteiger partial charge >= 0.3 is 0 Å². The van der Waals surface area contributed by atoms with Crippen LogP contribution in [0.1, 0.15) is 41.5 Å². The zero-order chi connectivity index (χ0) is 19.8. The van der Waals surface area contributed by atoms with Gasteiger partial charge in [0.05, 0.1) is 0 Å². The summed E-state index contributed by atoms with van der Waals surface area (Å²) in [6.45, 7) is 26.4. The Kier molecular flexibility index (Phi) is 6.97. The van der Waals surface area contributed by atoms with Gasteiger partial charge in [0.25, 0.3) is 0 Å². The van der Waals surface area contributed by atoms with Crippen LogP contribution >= 0.6 is 0 Å². The quantitative estimate of drug-likeness (QED) is 0.455. The van der Waals surface area contributed by atoms with Crippen molar-refractivity contribution in [3.05, 3.63) is 12.7 Å². The molecule has 0 aromatic rings. The van der Waals surface area contributed by atoms with E-state index in [0.29, 0.717) is 0 Å². The van der Waals surface area contributed by atoms with E-state index in [2.05, 4.69) is 74.3 Å². The lowest BCUT2D eigenvalue weighted by Gasteiger charge is -2.43. The van der Waals surface area contributed by atoms with Crippen LogP contribution < -0.4 is 0 Å². The smallest absolute Gasteiger partial charge is 0.192 e. The molecule has 0 aromatic carbocycles. The highest BCUT2D eigenvalue weighted by molar-refractivity contribution is 6.74. The van der Waals surface area contributed by atoms with Gasteiger partial charge in [0.2, 0.25) is 0 Å². The van der Waals surface area contributed by atoms with Crippen LogP contribution in [0.5, 0.6) is 0 Å². The minimum absolute atomic E-state index is 0.110. The van der Waals surface area contributed by atoms with Crippen molar-refractivity contribution in [2.75, 3.05) is 7.11 Å². The molecule has 1 aliphatic heterocycles. The molecular weight excluding hydrogens is 348 g/mol. The van der Waals surface area contributed by atoms with Gasteiger partial charge in [0.15, 0.2) is 22.9 Å². The molecule has 25 heavy (non-hydrogen) atoms. The minimum atomic E-state index is -1.99. The summed E-state index contributed by atoms with van der Waals surface area (Å²) in [7, 11) is -2.31. The lowest BCUT2D eigenvalue weighted by atomic mass is 10.1. The molecule has 0 aliphatic carbocycles. The van der Waals surface area contributed by atoms with E-state index in [1.807, 2.05) is 6.08 Å². The third-order valence-corrected chi connectivity index (χ3v) is 15.1. The summed E-state index contributed by atoms with van der Waals surface area (Å²) in [4.78, 5) is 0. The van der Waals surface area contributed by atoms with Crippen molar-refractivity contribution >= 4 is 16.6 Å². The first-order chi connectivity index (χ1) is 11.1. The van der Waals surface area contributed by atoms with E-state index >= 15 is 0 Å². The van der Waals surface area contributed by atoms with Gasteiger partial charge in [-0.25, -0.2) is 0 Å². The van der Waals surface area contributed by atoms with E-state index in [0.717, 1.165) is 0 Å². The molecule has 1 fully saturated rings.